The highest BCUT2D eigenvalue weighted by atomic mass is 16.6. The minimum absolute atomic E-state index is 0.201. The standard InChI is InChI=1S/C18H15N3O6/c22-16(23)11-19-18(25)15(20-17(24)13-6-2-1-3-7-13)10-12-5-4-8-14(9-12)21(26)27/h1-10H,11H2,(H,19,25)(H,20,24)(H,22,23)/p-1/b15-10+. The van der Waals surface area contributed by atoms with E-state index in [0.717, 1.165) is 0 Å². The van der Waals surface area contributed by atoms with E-state index in [-0.39, 0.29) is 22.5 Å². The largest absolute Gasteiger partial charge is 0.548 e. The second kappa shape index (κ2) is 8.90. The molecule has 27 heavy (non-hydrogen) atoms. The number of nitrogens with one attached hydrogen (secondary N) is 2. The number of non-ortho nitro benzene ring substituents is 1. The fourth-order valence-corrected chi connectivity index (χ4v) is 2.08. The number of carboxylic acid groups (broad SMARTS) is 1. The molecular formula is C18H14N3O6-. The molecule has 0 heterocycles. The van der Waals surface area contributed by atoms with Crippen molar-refractivity contribution in [1.82, 2.24) is 10.6 Å². The summed E-state index contributed by atoms with van der Waals surface area (Å²) in [4.78, 5) is 45.3. The van der Waals surface area contributed by atoms with Gasteiger partial charge in [0.2, 0.25) is 0 Å². The Hall–Kier alpha value is -4.01. The lowest BCUT2D eigenvalue weighted by molar-refractivity contribution is -0.384. The summed E-state index contributed by atoms with van der Waals surface area (Å²) >= 11 is 0. The molecular weight excluding hydrogens is 354 g/mol. The van der Waals surface area contributed by atoms with E-state index in [1.807, 2.05) is 0 Å². The van der Waals surface area contributed by atoms with Gasteiger partial charge in [0.1, 0.15) is 5.70 Å². The van der Waals surface area contributed by atoms with Crippen molar-refractivity contribution in [2.45, 2.75) is 0 Å². The molecule has 2 N–H and O–H groups in total. The molecule has 0 atom stereocenters. The predicted octanol–water partition coefficient (Wildman–Crippen LogP) is 0.232. The van der Waals surface area contributed by atoms with Crippen molar-refractivity contribution < 1.29 is 24.4 Å². The Kier molecular flexibility index (Phi) is 6.37. The molecule has 0 fully saturated rings. The number of benzene rings is 2. The van der Waals surface area contributed by atoms with Gasteiger partial charge in [-0.05, 0) is 23.8 Å². The van der Waals surface area contributed by atoms with E-state index in [1.54, 1.807) is 18.2 Å². The molecule has 2 rings (SSSR count). The average Bonchev–Trinajstić information content (AvgIpc) is 2.66. The molecule has 0 aliphatic carbocycles. The van der Waals surface area contributed by atoms with Gasteiger partial charge in [-0.1, -0.05) is 30.3 Å². The number of rotatable bonds is 7. The molecule has 0 aromatic heterocycles. The number of hydrogen-bond donors (Lipinski definition) is 2. The third-order valence-corrected chi connectivity index (χ3v) is 3.31. The number of hydrogen-bond acceptors (Lipinski definition) is 6. The number of nitro benzene ring substituents is 1. The summed E-state index contributed by atoms with van der Waals surface area (Å²) in [7, 11) is 0. The highest BCUT2D eigenvalue weighted by Crippen LogP contribution is 2.15. The van der Waals surface area contributed by atoms with Crippen molar-refractivity contribution in [2.75, 3.05) is 6.54 Å². The number of carbonyl (C=O) groups excluding carboxylic acids is 3. The summed E-state index contributed by atoms with van der Waals surface area (Å²) in [6, 6.07) is 13.4. The third-order valence-electron chi connectivity index (χ3n) is 3.31. The Balaban J connectivity index is 2.32. The second-order valence-corrected chi connectivity index (χ2v) is 5.28. The van der Waals surface area contributed by atoms with E-state index in [4.69, 9.17) is 0 Å². The molecule has 0 aliphatic heterocycles. The van der Waals surface area contributed by atoms with Crippen LogP contribution in [0.15, 0.2) is 60.3 Å². The second-order valence-electron chi connectivity index (χ2n) is 5.28. The summed E-state index contributed by atoms with van der Waals surface area (Å²) in [5, 5.41) is 25.9. The summed E-state index contributed by atoms with van der Waals surface area (Å²) in [5.41, 5.74) is 0.0736. The maximum atomic E-state index is 12.3. The van der Waals surface area contributed by atoms with Gasteiger partial charge in [-0.25, -0.2) is 0 Å². The first-order chi connectivity index (χ1) is 12.9. The number of amides is 2. The van der Waals surface area contributed by atoms with Crippen molar-refractivity contribution in [2.24, 2.45) is 0 Å². The summed E-state index contributed by atoms with van der Waals surface area (Å²) < 4.78 is 0. The van der Waals surface area contributed by atoms with E-state index in [1.165, 1.54) is 42.5 Å². The van der Waals surface area contributed by atoms with Gasteiger partial charge in [0.25, 0.3) is 17.5 Å². The van der Waals surface area contributed by atoms with Gasteiger partial charge in [-0.15, -0.1) is 0 Å². The Labute approximate surface area is 153 Å². The summed E-state index contributed by atoms with van der Waals surface area (Å²) in [6.07, 6.45) is 1.21. The zero-order valence-electron chi connectivity index (χ0n) is 13.9. The molecule has 2 aromatic carbocycles. The van der Waals surface area contributed by atoms with Crippen molar-refractivity contribution in [3.05, 3.63) is 81.5 Å². The van der Waals surface area contributed by atoms with Crippen LogP contribution in [0.4, 0.5) is 5.69 Å². The fraction of sp³-hybridized carbons (Fsp3) is 0.0556. The molecule has 0 unspecified atom stereocenters. The van der Waals surface area contributed by atoms with E-state index >= 15 is 0 Å². The number of nitro groups is 1. The van der Waals surface area contributed by atoms with Crippen molar-refractivity contribution in [1.29, 1.82) is 0 Å². The van der Waals surface area contributed by atoms with E-state index in [9.17, 15) is 29.6 Å². The van der Waals surface area contributed by atoms with Crippen LogP contribution < -0.4 is 15.7 Å². The molecule has 0 radical (unpaired) electrons. The molecule has 9 heteroatoms. The van der Waals surface area contributed by atoms with Gasteiger partial charge in [-0.3, -0.25) is 19.7 Å². The maximum absolute atomic E-state index is 12.3. The third kappa shape index (κ3) is 5.78. The van der Waals surface area contributed by atoms with Crippen LogP contribution in [-0.2, 0) is 9.59 Å². The Bertz CT molecular complexity index is 908. The number of aliphatic carboxylic acids is 1. The molecule has 138 valence electrons. The normalized spacial score (nSPS) is 10.7. The number of nitrogens with zero attached hydrogens (tertiary/aromatic N) is 1. The van der Waals surface area contributed by atoms with Crippen molar-refractivity contribution >= 4 is 29.5 Å². The zero-order chi connectivity index (χ0) is 19.8. The minimum Gasteiger partial charge on any atom is -0.548 e. The van der Waals surface area contributed by atoms with Crippen molar-refractivity contribution in [3.8, 4) is 0 Å². The lowest BCUT2D eigenvalue weighted by Gasteiger charge is -2.11. The fourth-order valence-electron chi connectivity index (χ4n) is 2.08. The van der Waals surface area contributed by atoms with Gasteiger partial charge in [-0.2, -0.15) is 0 Å². The van der Waals surface area contributed by atoms with E-state index in [2.05, 4.69) is 10.6 Å². The van der Waals surface area contributed by atoms with Gasteiger partial charge in [0.15, 0.2) is 0 Å². The Morgan fingerprint density at radius 3 is 2.37 bits per heavy atom. The zero-order valence-corrected chi connectivity index (χ0v) is 13.9. The molecule has 9 nitrogen and oxygen atoms in total. The van der Waals surface area contributed by atoms with Crippen LogP contribution in [0.5, 0.6) is 0 Å². The first kappa shape index (κ1) is 19.3. The first-order valence-electron chi connectivity index (χ1n) is 7.67. The molecule has 0 spiro atoms. The van der Waals surface area contributed by atoms with Crippen LogP contribution in [0.25, 0.3) is 6.08 Å². The van der Waals surface area contributed by atoms with Crippen LogP contribution in [0.3, 0.4) is 0 Å². The predicted molar refractivity (Wildman–Crippen MR) is 93.0 cm³/mol. The van der Waals surface area contributed by atoms with Crippen LogP contribution in [-0.4, -0.2) is 29.3 Å². The lowest BCUT2D eigenvalue weighted by atomic mass is 10.1. The minimum atomic E-state index is -1.51. The topological polar surface area (TPSA) is 141 Å². The lowest BCUT2D eigenvalue weighted by Crippen LogP contribution is -2.41. The smallest absolute Gasteiger partial charge is 0.270 e. The van der Waals surface area contributed by atoms with Gasteiger partial charge in [0.05, 0.1) is 17.4 Å². The molecule has 2 amide bonds. The quantitative estimate of drug-likeness (QED) is 0.407. The Morgan fingerprint density at radius 2 is 1.74 bits per heavy atom. The van der Waals surface area contributed by atoms with Gasteiger partial charge >= 0.3 is 0 Å². The molecule has 2 aromatic rings. The number of carboxylic acids is 1. The van der Waals surface area contributed by atoms with E-state index < -0.39 is 29.3 Å². The molecule has 0 saturated heterocycles. The average molecular weight is 368 g/mol. The first-order valence-corrected chi connectivity index (χ1v) is 7.67. The number of carbonyl (C=O) groups is 3. The summed E-state index contributed by atoms with van der Waals surface area (Å²) in [6.45, 7) is -0.758. The highest BCUT2D eigenvalue weighted by Gasteiger charge is 2.15. The molecule has 0 aliphatic rings. The van der Waals surface area contributed by atoms with Crippen LogP contribution in [0.1, 0.15) is 15.9 Å². The Morgan fingerprint density at radius 1 is 1.04 bits per heavy atom. The van der Waals surface area contributed by atoms with E-state index in [0.29, 0.717) is 0 Å². The monoisotopic (exact) mass is 368 g/mol. The molecule has 0 saturated carbocycles. The van der Waals surface area contributed by atoms with Gasteiger partial charge < -0.3 is 20.5 Å². The van der Waals surface area contributed by atoms with Crippen molar-refractivity contribution in [3.63, 3.8) is 0 Å². The maximum Gasteiger partial charge on any atom is 0.270 e. The molecule has 0 bridgehead atoms. The van der Waals surface area contributed by atoms with Crippen LogP contribution in [0, 0.1) is 10.1 Å². The highest BCUT2D eigenvalue weighted by molar-refractivity contribution is 6.05. The van der Waals surface area contributed by atoms with Gasteiger partial charge in [0, 0.05) is 17.7 Å². The van der Waals surface area contributed by atoms with Crippen LogP contribution >= 0.6 is 0 Å². The SMILES string of the molecule is O=C([O-])CNC(=O)/C(=C\c1cccc([N+](=O)[O-])c1)NC(=O)c1ccccc1. The van der Waals surface area contributed by atoms with Crippen LogP contribution in [0.2, 0.25) is 0 Å². The summed E-state index contributed by atoms with van der Waals surface area (Å²) in [5.74, 6) is -2.99.